The van der Waals surface area contributed by atoms with Crippen LogP contribution in [0, 0.1) is 0 Å². The number of anilines is 2. The van der Waals surface area contributed by atoms with Gasteiger partial charge in [-0.15, -0.1) is 0 Å². The molecule has 0 aliphatic carbocycles. The number of nitrogens with two attached hydrogens (primary N) is 1. The van der Waals surface area contributed by atoms with Crippen molar-refractivity contribution in [3.05, 3.63) is 30.3 Å². The topological polar surface area (TPSA) is 81.6 Å². The van der Waals surface area contributed by atoms with Gasteiger partial charge >= 0.3 is 0 Å². The van der Waals surface area contributed by atoms with Crippen molar-refractivity contribution >= 4 is 17.5 Å². The van der Waals surface area contributed by atoms with Gasteiger partial charge in [0.15, 0.2) is 0 Å². The normalized spacial score (nSPS) is 15.3. The fraction of sp³-hybridized carbons (Fsp3) is 0.167. The Morgan fingerprint density at radius 3 is 2.61 bits per heavy atom. The molecule has 6 nitrogen and oxygen atoms in total. The maximum Gasteiger partial charge on any atom is 0.253 e. The van der Waals surface area contributed by atoms with Crippen LogP contribution in [-0.4, -0.2) is 17.7 Å². The lowest BCUT2D eigenvalue weighted by molar-refractivity contribution is -0.119. The van der Waals surface area contributed by atoms with Gasteiger partial charge in [-0.3, -0.25) is 9.63 Å². The number of hydrogen-bond donors (Lipinski definition) is 1. The van der Waals surface area contributed by atoms with Crippen LogP contribution in [0.3, 0.4) is 0 Å². The summed E-state index contributed by atoms with van der Waals surface area (Å²) in [6, 6.07) is 8.91. The number of nitrogens with zero attached hydrogens (tertiary/aromatic N) is 2. The molecule has 0 saturated carbocycles. The van der Waals surface area contributed by atoms with Crippen LogP contribution in [0.4, 0.5) is 11.6 Å². The lowest BCUT2D eigenvalue weighted by Crippen LogP contribution is -2.21. The van der Waals surface area contributed by atoms with E-state index in [9.17, 15) is 4.79 Å². The molecule has 1 amide bonds. The van der Waals surface area contributed by atoms with E-state index in [2.05, 4.69) is 5.16 Å². The van der Waals surface area contributed by atoms with Crippen LogP contribution >= 0.6 is 0 Å². The first-order valence-corrected chi connectivity index (χ1v) is 5.52. The molecule has 2 N–H and O–H groups in total. The molecule has 1 saturated heterocycles. The third kappa shape index (κ3) is 1.82. The van der Waals surface area contributed by atoms with Crippen molar-refractivity contribution in [3.63, 3.8) is 0 Å². The second-order valence-electron chi connectivity index (χ2n) is 3.93. The molecule has 0 bridgehead atoms. The molecule has 1 fully saturated rings. The number of benzene rings is 1. The summed E-state index contributed by atoms with van der Waals surface area (Å²) >= 11 is 0. The molecule has 3 rings (SSSR count). The summed E-state index contributed by atoms with van der Waals surface area (Å²) < 4.78 is 4.80. The molecular formula is C12H11N3O3. The van der Waals surface area contributed by atoms with E-state index in [-0.39, 0.29) is 11.8 Å². The Morgan fingerprint density at radius 2 is 2.06 bits per heavy atom. The fourth-order valence-electron chi connectivity index (χ4n) is 1.81. The molecule has 0 atom stereocenters. The summed E-state index contributed by atoms with van der Waals surface area (Å²) in [5, 5.41) is 5.12. The van der Waals surface area contributed by atoms with Gasteiger partial charge in [0.2, 0.25) is 5.88 Å². The standard InChI is InChI=1S/C12H11N3O3/c13-11-7-10(14-18-11)8-1-3-9(4-2-8)15-12(16)5-6-17-15/h1-4,7H,5-6,13H2. The first-order valence-electron chi connectivity index (χ1n) is 5.52. The van der Waals surface area contributed by atoms with Gasteiger partial charge in [0.1, 0.15) is 5.69 Å². The number of hydrogen-bond acceptors (Lipinski definition) is 5. The van der Waals surface area contributed by atoms with Crippen LogP contribution in [0.25, 0.3) is 11.3 Å². The predicted octanol–water partition coefficient (Wildman–Crippen LogP) is 1.59. The van der Waals surface area contributed by atoms with Crippen LogP contribution in [0.2, 0.25) is 0 Å². The Hall–Kier alpha value is -2.34. The minimum absolute atomic E-state index is 0.0339. The average molecular weight is 245 g/mol. The maximum atomic E-state index is 11.5. The van der Waals surface area contributed by atoms with Crippen molar-refractivity contribution in [3.8, 4) is 11.3 Å². The largest absolute Gasteiger partial charge is 0.368 e. The monoisotopic (exact) mass is 245 g/mol. The fourth-order valence-corrected chi connectivity index (χ4v) is 1.81. The van der Waals surface area contributed by atoms with Gasteiger partial charge < -0.3 is 10.3 Å². The highest BCUT2D eigenvalue weighted by atomic mass is 16.7. The number of aromatic nitrogens is 1. The van der Waals surface area contributed by atoms with Gasteiger partial charge in [0.05, 0.1) is 18.7 Å². The molecule has 0 spiro atoms. The van der Waals surface area contributed by atoms with Crippen molar-refractivity contribution in [1.29, 1.82) is 0 Å². The smallest absolute Gasteiger partial charge is 0.253 e. The molecule has 2 heterocycles. The van der Waals surface area contributed by atoms with Crippen LogP contribution in [0.15, 0.2) is 34.9 Å². The van der Waals surface area contributed by atoms with E-state index in [1.165, 1.54) is 5.06 Å². The van der Waals surface area contributed by atoms with E-state index in [0.717, 1.165) is 5.56 Å². The summed E-state index contributed by atoms with van der Waals surface area (Å²) in [6.07, 6.45) is 0.418. The van der Waals surface area contributed by atoms with E-state index in [1.807, 2.05) is 12.1 Å². The van der Waals surface area contributed by atoms with Gasteiger partial charge in [-0.2, -0.15) is 5.06 Å². The second-order valence-corrected chi connectivity index (χ2v) is 3.93. The van der Waals surface area contributed by atoms with Crippen molar-refractivity contribution in [1.82, 2.24) is 5.16 Å². The third-order valence-electron chi connectivity index (χ3n) is 2.69. The molecule has 0 radical (unpaired) electrons. The van der Waals surface area contributed by atoms with Crippen LogP contribution in [0.5, 0.6) is 0 Å². The summed E-state index contributed by atoms with van der Waals surface area (Å²) in [4.78, 5) is 16.7. The number of carbonyl (C=O) groups excluding carboxylic acids is 1. The molecular weight excluding hydrogens is 234 g/mol. The second kappa shape index (κ2) is 4.15. The van der Waals surface area contributed by atoms with E-state index >= 15 is 0 Å². The quantitative estimate of drug-likeness (QED) is 0.868. The molecule has 2 aromatic rings. The third-order valence-corrected chi connectivity index (χ3v) is 2.69. The van der Waals surface area contributed by atoms with Crippen molar-refractivity contribution in [2.24, 2.45) is 0 Å². The number of hydroxylamine groups is 1. The van der Waals surface area contributed by atoms with E-state index in [4.69, 9.17) is 15.1 Å². The van der Waals surface area contributed by atoms with E-state index in [0.29, 0.717) is 24.4 Å². The lowest BCUT2D eigenvalue weighted by atomic mass is 10.1. The molecule has 1 aliphatic rings. The number of amides is 1. The highest BCUT2D eigenvalue weighted by Gasteiger charge is 2.23. The number of carbonyl (C=O) groups is 1. The van der Waals surface area contributed by atoms with Gasteiger partial charge in [-0.05, 0) is 12.1 Å². The minimum Gasteiger partial charge on any atom is -0.368 e. The number of rotatable bonds is 2. The van der Waals surface area contributed by atoms with Crippen LogP contribution < -0.4 is 10.8 Å². The zero-order valence-corrected chi connectivity index (χ0v) is 9.50. The molecule has 1 aromatic carbocycles. The Bertz CT molecular complexity index is 577. The Labute approximate surface area is 103 Å². The van der Waals surface area contributed by atoms with Crippen LogP contribution in [-0.2, 0) is 9.63 Å². The summed E-state index contributed by atoms with van der Waals surface area (Å²) in [5.41, 5.74) is 7.69. The average Bonchev–Trinajstić information content (AvgIpc) is 2.98. The van der Waals surface area contributed by atoms with E-state index in [1.54, 1.807) is 18.2 Å². The molecule has 1 aliphatic heterocycles. The van der Waals surface area contributed by atoms with Gasteiger partial charge in [0, 0.05) is 11.6 Å². The van der Waals surface area contributed by atoms with Gasteiger partial charge in [-0.25, -0.2) is 0 Å². The Morgan fingerprint density at radius 1 is 1.28 bits per heavy atom. The highest BCUT2D eigenvalue weighted by Crippen LogP contribution is 2.25. The van der Waals surface area contributed by atoms with Crippen molar-refractivity contribution in [2.75, 3.05) is 17.4 Å². The molecule has 6 heteroatoms. The SMILES string of the molecule is Nc1cc(-c2ccc(N3OCCC3=O)cc2)no1. The van der Waals surface area contributed by atoms with Gasteiger partial charge in [0.25, 0.3) is 5.91 Å². The Kier molecular flexibility index (Phi) is 2.49. The predicted molar refractivity (Wildman–Crippen MR) is 64.4 cm³/mol. The van der Waals surface area contributed by atoms with Crippen LogP contribution in [0.1, 0.15) is 6.42 Å². The zero-order chi connectivity index (χ0) is 12.5. The molecule has 18 heavy (non-hydrogen) atoms. The summed E-state index contributed by atoms with van der Waals surface area (Å²) in [5.74, 6) is 0.237. The number of nitrogen functional groups attached to an aromatic ring is 1. The molecule has 1 aromatic heterocycles. The summed E-state index contributed by atoms with van der Waals surface area (Å²) in [7, 11) is 0. The zero-order valence-electron chi connectivity index (χ0n) is 9.50. The molecule has 0 unspecified atom stereocenters. The van der Waals surface area contributed by atoms with E-state index < -0.39 is 0 Å². The molecule has 92 valence electrons. The first-order chi connectivity index (χ1) is 8.74. The minimum atomic E-state index is -0.0339. The maximum absolute atomic E-state index is 11.5. The van der Waals surface area contributed by atoms with Gasteiger partial charge in [-0.1, -0.05) is 17.3 Å². The lowest BCUT2D eigenvalue weighted by Gasteiger charge is -2.13. The summed E-state index contributed by atoms with van der Waals surface area (Å²) in [6.45, 7) is 0.431. The first kappa shape index (κ1) is 10.8. The van der Waals surface area contributed by atoms with Crippen molar-refractivity contribution in [2.45, 2.75) is 6.42 Å². The highest BCUT2D eigenvalue weighted by molar-refractivity contribution is 5.93. The Balaban J connectivity index is 1.87. The van der Waals surface area contributed by atoms with Crippen molar-refractivity contribution < 1.29 is 14.2 Å².